The van der Waals surface area contributed by atoms with Crippen LogP contribution in [-0.4, -0.2) is 34.6 Å². The summed E-state index contributed by atoms with van der Waals surface area (Å²) in [5.74, 6) is -3.67. The fraction of sp³-hybridized carbons (Fsp3) is 0.200. The molecule has 10 heteroatoms. The first-order chi connectivity index (χ1) is 16.7. The van der Waals surface area contributed by atoms with Gasteiger partial charge in [-0.1, -0.05) is 18.7 Å². The Morgan fingerprint density at radius 1 is 1.14 bits per heavy atom. The van der Waals surface area contributed by atoms with Gasteiger partial charge >= 0.3 is 0 Å². The van der Waals surface area contributed by atoms with Crippen LogP contribution in [0.25, 0.3) is 0 Å². The van der Waals surface area contributed by atoms with Crippen molar-refractivity contribution < 1.29 is 28.0 Å². The van der Waals surface area contributed by atoms with Crippen LogP contribution in [0.1, 0.15) is 24.8 Å². The number of nitrogens with one attached hydrogen (secondary N) is 3. The second kappa shape index (κ2) is 9.88. The Hall–Kier alpha value is -4.34. The minimum Gasteiger partial charge on any atom is -0.351 e. The van der Waals surface area contributed by atoms with E-state index in [4.69, 9.17) is 0 Å². The maximum absolute atomic E-state index is 13.7. The van der Waals surface area contributed by atoms with Gasteiger partial charge in [0.25, 0.3) is 11.8 Å². The minimum absolute atomic E-state index is 0.0360. The second-order valence-corrected chi connectivity index (χ2v) is 8.22. The predicted molar refractivity (Wildman–Crippen MR) is 124 cm³/mol. The van der Waals surface area contributed by atoms with E-state index in [1.807, 2.05) is 0 Å². The number of aryl methyl sites for hydroxylation is 1. The van der Waals surface area contributed by atoms with E-state index in [0.29, 0.717) is 36.7 Å². The first-order valence-electron chi connectivity index (χ1n) is 10.9. The lowest BCUT2D eigenvalue weighted by molar-refractivity contribution is -0.146. The van der Waals surface area contributed by atoms with E-state index in [1.165, 1.54) is 0 Å². The Labute approximate surface area is 199 Å². The van der Waals surface area contributed by atoms with Crippen molar-refractivity contribution in [2.24, 2.45) is 0 Å². The van der Waals surface area contributed by atoms with Crippen LogP contribution >= 0.6 is 0 Å². The average molecular weight is 480 g/mol. The fourth-order valence-corrected chi connectivity index (χ4v) is 3.90. The number of carbonyl (C=O) groups excluding carboxylic acids is 4. The zero-order valence-corrected chi connectivity index (χ0v) is 18.6. The van der Waals surface area contributed by atoms with Gasteiger partial charge < -0.3 is 16.0 Å². The van der Waals surface area contributed by atoms with Crippen LogP contribution in [0.15, 0.2) is 66.5 Å². The largest absolute Gasteiger partial charge is 0.351 e. The molecule has 1 saturated heterocycles. The van der Waals surface area contributed by atoms with Crippen molar-refractivity contribution in [1.29, 1.82) is 0 Å². The Bertz CT molecular complexity index is 1270. The molecule has 4 amide bonds. The molecule has 0 bridgehead atoms. The summed E-state index contributed by atoms with van der Waals surface area (Å²) in [5, 5.41) is 7.88. The van der Waals surface area contributed by atoms with Gasteiger partial charge in [0.1, 0.15) is 23.4 Å². The molecule has 2 aliphatic rings. The SMILES string of the molecule is C=C1CCC(N2C(=O)C=C(Nc3cccc(CCC(=O)Nc4ccc(F)cc4F)c3)C2=O)C(=O)N1. The van der Waals surface area contributed by atoms with Crippen molar-refractivity contribution in [2.75, 3.05) is 10.6 Å². The zero-order valence-electron chi connectivity index (χ0n) is 18.6. The molecule has 4 rings (SSSR count). The molecule has 2 aliphatic heterocycles. The number of benzene rings is 2. The summed E-state index contributed by atoms with van der Waals surface area (Å²) in [6.07, 6.45) is 2.28. The van der Waals surface area contributed by atoms with E-state index in [2.05, 4.69) is 22.5 Å². The fourth-order valence-electron chi connectivity index (χ4n) is 3.90. The molecule has 0 aromatic heterocycles. The molecule has 8 nitrogen and oxygen atoms in total. The van der Waals surface area contributed by atoms with E-state index in [9.17, 15) is 28.0 Å². The number of rotatable bonds is 7. The average Bonchev–Trinajstić information content (AvgIpc) is 3.07. The highest BCUT2D eigenvalue weighted by atomic mass is 19.1. The molecule has 35 heavy (non-hydrogen) atoms. The number of nitrogens with zero attached hydrogens (tertiary/aromatic N) is 1. The highest BCUT2D eigenvalue weighted by Crippen LogP contribution is 2.25. The lowest BCUT2D eigenvalue weighted by atomic mass is 10.0. The zero-order chi connectivity index (χ0) is 25.1. The molecule has 2 aromatic carbocycles. The lowest BCUT2D eigenvalue weighted by Crippen LogP contribution is -2.52. The second-order valence-electron chi connectivity index (χ2n) is 8.22. The van der Waals surface area contributed by atoms with Crippen LogP contribution in [0.2, 0.25) is 0 Å². The number of halogens is 2. The van der Waals surface area contributed by atoms with E-state index < -0.39 is 41.3 Å². The Morgan fingerprint density at radius 2 is 1.94 bits per heavy atom. The quantitative estimate of drug-likeness (QED) is 0.528. The van der Waals surface area contributed by atoms with E-state index in [1.54, 1.807) is 24.3 Å². The van der Waals surface area contributed by atoms with Crippen molar-refractivity contribution >= 4 is 35.0 Å². The first-order valence-corrected chi connectivity index (χ1v) is 10.9. The van der Waals surface area contributed by atoms with Gasteiger partial charge in [0, 0.05) is 29.9 Å². The highest BCUT2D eigenvalue weighted by Gasteiger charge is 2.41. The number of amides is 4. The number of anilines is 2. The first kappa shape index (κ1) is 23.8. The minimum atomic E-state index is -0.896. The summed E-state index contributed by atoms with van der Waals surface area (Å²) >= 11 is 0. The molecule has 0 aliphatic carbocycles. The van der Waals surface area contributed by atoms with Gasteiger partial charge in [0.15, 0.2) is 0 Å². The van der Waals surface area contributed by atoms with Crippen LogP contribution in [-0.2, 0) is 25.6 Å². The number of imide groups is 1. The van der Waals surface area contributed by atoms with Gasteiger partial charge in [-0.2, -0.15) is 0 Å². The van der Waals surface area contributed by atoms with Gasteiger partial charge in [-0.25, -0.2) is 8.78 Å². The number of carbonyl (C=O) groups is 4. The van der Waals surface area contributed by atoms with Crippen molar-refractivity contribution in [3.63, 3.8) is 0 Å². The molecule has 180 valence electrons. The summed E-state index contributed by atoms with van der Waals surface area (Å²) in [6, 6.07) is 8.89. The molecule has 1 fully saturated rings. The maximum atomic E-state index is 13.7. The molecule has 0 saturated carbocycles. The lowest BCUT2D eigenvalue weighted by Gasteiger charge is -2.29. The molecule has 0 spiro atoms. The van der Waals surface area contributed by atoms with E-state index >= 15 is 0 Å². The Kier molecular flexibility index (Phi) is 6.72. The van der Waals surface area contributed by atoms with Crippen molar-refractivity contribution in [3.8, 4) is 0 Å². The van der Waals surface area contributed by atoms with Gasteiger partial charge in [0.2, 0.25) is 11.8 Å². The Balaban J connectivity index is 1.36. The summed E-state index contributed by atoms with van der Waals surface area (Å²) in [6.45, 7) is 3.70. The molecule has 1 unspecified atom stereocenters. The molecule has 3 N–H and O–H groups in total. The monoisotopic (exact) mass is 480 g/mol. The molecule has 2 heterocycles. The van der Waals surface area contributed by atoms with Crippen LogP contribution in [0.5, 0.6) is 0 Å². The highest BCUT2D eigenvalue weighted by molar-refractivity contribution is 6.19. The van der Waals surface area contributed by atoms with Crippen LogP contribution in [0.3, 0.4) is 0 Å². The van der Waals surface area contributed by atoms with Crippen molar-refractivity contribution in [3.05, 3.63) is 83.7 Å². The summed E-state index contributed by atoms with van der Waals surface area (Å²) in [5.41, 5.74) is 1.75. The topological polar surface area (TPSA) is 108 Å². The smallest absolute Gasteiger partial charge is 0.278 e. The van der Waals surface area contributed by atoms with Crippen molar-refractivity contribution in [1.82, 2.24) is 10.2 Å². The van der Waals surface area contributed by atoms with Crippen LogP contribution in [0.4, 0.5) is 20.2 Å². The normalized spacial score (nSPS) is 17.8. The molecule has 2 aromatic rings. The number of hydrogen-bond donors (Lipinski definition) is 3. The summed E-state index contributed by atoms with van der Waals surface area (Å²) < 4.78 is 26.7. The van der Waals surface area contributed by atoms with Gasteiger partial charge in [-0.15, -0.1) is 0 Å². The third kappa shape index (κ3) is 5.43. The third-order valence-electron chi connectivity index (χ3n) is 5.64. The third-order valence-corrected chi connectivity index (χ3v) is 5.64. The predicted octanol–water partition coefficient (Wildman–Crippen LogP) is 2.99. The number of allylic oxidation sites excluding steroid dienone is 1. The summed E-state index contributed by atoms with van der Waals surface area (Å²) in [7, 11) is 0. The molecule has 0 radical (unpaired) electrons. The maximum Gasteiger partial charge on any atom is 0.278 e. The Morgan fingerprint density at radius 3 is 2.69 bits per heavy atom. The van der Waals surface area contributed by atoms with Gasteiger partial charge in [-0.3, -0.25) is 24.1 Å². The number of hydrogen-bond acceptors (Lipinski definition) is 5. The standard InChI is InChI=1S/C25H22F2N4O4/c1-14-5-9-21(24(34)28-14)31-23(33)13-20(25(31)35)29-17-4-2-3-15(11-17)6-10-22(32)30-19-8-7-16(26)12-18(19)27/h2-4,7-8,11-13,21,29H,1,5-6,9-10H2,(H,28,34)(H,30,32). The summed E-state index contributed by atoms with van der Waals surface area (Å²) in [4.78, 5) is 50.6. The number of piperidine rings is 1. The molecular formula is C25H22F2N4O4. The van der Waals surface area contributed by atoms with E-state index in [-0.39, 0.29) is 17.8 Å². The molecule has 1 atom stereocenters. The van der Waals surface area contributed by atoms with Gasteiger partial charge in [-0.05, 0) is 49.1 Å². The van der Waals surface area contributed by atoms with Gasteiger partial charge in [0.05, 0.1) is 5.69 Å². The van der Waals surface area contributed by atoms with E-state index in [0.717, 1.165) is 28.7 Å². The van der Waals surface area contributed by atoms with Crippen LogP contribution < -0.4 is 16.0 Å². The molecular weight excluding hydrogens is 458 g/mol. The van der Waals surface area contributed by atoms with Crippen LogP contribution in [0, 0.1) is 11.6 Å². The van der Waals surface area contributed by atoms with Crippen molar-refractivity contribution in [2.45, 2.75) is 31.7 Å².